The fraction of sp³-hybridized carbons (Fsp3) is 0.769. The zero-order chi connectivity index (χ0) is 11.8. The second-order valence-corrected chi connectivity index (χ2v) is 5.38. The standard InChI is InChI=1S/C13H24N2S/c1-4-6-11(3)9-14-8-7-12-10-16-13(5-2)15-12/h10-11,14H,4-9H2,1-3H3. The Balaban J connectivity index is 2.11. The van der Waals surface area contributed by atoms with E-state index < -0.39 is 0 Å². The molecule has 0 aliphatic heterocycles. The molecule has 0 saturated carbocycles. The monoisotopic (exact) mass is 240 g/mol. The van der Waals surface area contributed by atoms with Crippen LogP contribution in [-0.2, 0) is 12.8 Å². The summed E-state index contributed by atoms with van der Waals surface area (Å²) in [5.74, 6) is 0.798. The number of aromatic nitrogens is 1. The van der Waals surface area contributed by atoms with Gasteiger partial charge in [-0.1, -0.05) is 27.2 Å². The summed E-state index contributed by atoms with van der Waals surface area (Å²) in [6.07, 6.45) is 4.74. The Bertz CT molecular complexity index is 283. The minimum absolute atomic E-state index is 0.798. The molecule has 16 heavy (non-hydrogen) atoms. The molecule has 1 aromatic heterocycles. The van der Waals surface area contributed by atoms with Crippen molar-refractivity contribution >= 4 is 11.3 Å². The van der Waals surface area contributed by atoms with Crippen LogP contribution >= 0.6 is 11.3 Å². The molecule has 1 N–H and O–H groups in total. The van der Waals surface area contributed by atoms with Crippen LogP contribution in [-0.4, -0.2) is 18.1 Å². The van der Waals surface area contributed by atoms with Gasteiger partial charge < -0.3 is 5.32 Å². The third-order valence-corrected chi connectivity index (χ3v) is 3.78. The smallest absolute Gasteiger partial charge is 0.0925 e. The maximum absolute atomic E-state index is 4.56. The van der Waals surface area contributed by atoms with E-state index in [0.717, 1.165) is 31.8 Å². The minimum Gasteiger partial charge on any atom is -0.316 e. The van der Waals surface area contributed by atoms with Gasteiger partial charge in [-0.3, -0.25) is 0 Å². The SMILES string of the molecule is CCCC(C)CNCCc1csc(CC)n1. The summed E-state index contributed by atoms with van der Waals surface area (Å²) in [5.41, 5.74) is 1.25. The lowest BCUT2D eigenvalue weighted by molar-refractivity contribution is 0.477. The van der Waals surface area contributed by atoms with E-state index in [1.807, 2.05) is 0 Å². The second kappa shape index (κ2) is 7.80. The van der Waals surface area contributed by atoms with Crippen LogP contribution in [0.5, 0.6) is 0 Å². The van der Waals surface area contributed by atoms with E-state index in [-0.39, 0.29) is 0 Å². The molecule has 0 bridgehead atoms. The van der Waals surface area contributed by atoms with Crippen molar-refractivity contribution in [2.24, 2.45) is 5.92 Å². The second-order valence-electron chi connectivity index (χ2n) is 4.43. The van der Waals surface area contributed by atoms with E-state index in [0.29, 0.717) is 0 Å². The Kier molecular flexibility index (Phi) is 6.65. The average Bonchev–Trinajstić information content (AvgIpc) is 2.73. The first-order valence-electron chi connectivity index (χ1n) is 6.40. The van der Waals surface area contributed by atoms with Crippen molar-refractivity contribution in [3.05, 3.63) is 16.1 Å². The van der Waals surface area contributed by atoms with Gasteiger partial charge in [0.25, 0.3) is 0 Å². The maximum atomic E-state index is 4.56. The normalized spacial score (nSPS) is 12.9. The molecule has 1 heterocycles. The molecular weight excluding hydrogens is 216 g/mol. The fourth-order valence-corrected chi connectivity index (χ4v) is 2.57. The van der Waals surface area contributed by atoms with Crippen LogP contribution in [0.15, 0.2) is 5.38 Å². The molecule has 0 fully saturated rings. The summed E-state index contributed by atoms with van der Waals surface area (Å²) < 4.78 is 0. The molecule has 1 aromatic rings. The predicted octanol–water partition coefficient (Wildman–Crippen LogP) is 3.27. The van der Waals surface area contributed by atoms with Crippen LogP contribution in [0.2, 0.25) is 0 Å². The molecule has 0 aromatic carbocycles. The van der Waals surface area contributed by atoms with E-state index in [4.69, 9.17) is 0 Å². The first-order chi connectivity index (χ1) is 7.76. The largest absolute Gasteiger partial charge is 0.316 e. The van der Waals surface area contributed by atoms with Gasteiger partial charge in [0.05, 0.1) is 10.7 Å². The number of nitrogens with zero attached hydrogens (tertiary/aromatic N) is 1. The summed E-state index contributed by atoms with van der Waals surface area (Å²) >= 11 is 1.78. The predicted molar refractivity (Wildman–Crippen MR) is 72.1 cm³/mol. The van der Waals surface area contributed by atoms with Gasteiger partial charge in [0.1, 0.15) is 0 Å². The molecule has 1 rings (SSSR count). The highest BCUT2D eigenvalue weighted by molar-refractivity contribution is 7.09. The van der Waals surface area contributed by atoms with E-state index in [1.165, 1.54) is 23.5 Å². The Labute approximate surface area is 103 Å². The first-order valence-corrected chi connectivity index (χ1v) is 7.28. The van der Waals surface area contributed by atoms with Crippen molar-refractivity contribution in [1.29, 1.82) is 0 Å². The highest BCUT2D eigenvalue weighted by atomic mass is 32.1. The van der Waals surface area contributed by atoms with Gasteiger partial charge in [-0.05, 0) is 25.3 Å². The highest BCUT2D eigenvalue weighted by Crippen LogP contribution is 2.10. The molecule has 92 valence electrons. The van der Waals surface area contributed by atoms with Crippen LogP contribution in [0, 0.1) is 5.92 Å². The molecule has 0 aliphatic rings. The van der Waals surface area contributed by atoms with E-state index in [9.17, 15) is 0 Å². The summed E-state index contributed by atoms with van der Waals surface area (Å²) in [6.45, 7) is 8.92. The molecule has 0 amide bonds. The third kappa shape index (κ3) is 5.08. The molecule has 0 spiro atoms. The van der Waals surface area contributed by atoms with Crippen molar-refractivity contribution in [3.63, 3.8) is 0 Å². The van der Waals surface area contributed by atoms with Gasteiger partial charge in [-0.2, -0.15) is 0 Å². The zero-order valence-corrected chi connectivity index (χ0v) is 11.6. The van der Waals surface area contributed by atoms with E-state index >= 15 is 0 Å². The molecule has 2 nitrogen and oxygen atoms in total. The summed E-state index contributed by atoms with van der Waals surface area (Å²) in [6, 6.07) is 0. The van der Waals surface area contributed by atoms with Crippen LogP contribution in [0.4, 0.5) is 0 Å². The molecular formula is C13H24N2S. The van der Waals surface area contributed by atoms with Crippen LogP contribution in [0.1, 0.15) is 44.3 Å². The number of aryl methyl sites for hydroxylation is 1. The topological polar surface area (TPSA) is 24.9 Å². The molecule has 1 unspecified atom stereocenters. The van der Waals surface area contributed by atoms with Gasteiger partial charge in [0.15, 0.2) is 0 Å². The van der Waals surface area contributed by atoms with Crippen molar-refractivity contribution in [3.8, 4) is 0 Å². The van der Waals surface area contributed by atoms with Crippen molar-refractivity contribution in [2.45, 2.75) is 46.5 Å². The number of hydrogen-bond acceptors (Lipinski definition) is 3. The lowest BCUT2D eigenvalue weighted by atomic mass is 10.1. The van der Waals surface area contributed by atoms with Gasteiger partial charge in [0.2, 0.25) is 0 Å². The van der Waals surface area contributed by atoms with Crippen LogP contribution in [0.3, 0.4) is 0 Å². The molecule has 0 saturated heterocycles. The fourth-order valence-electron chi connectivity index (χ4n) is 1.79. The zero-order valence-electron chi connectivity index (χ0n) is 10.8. The number of thiazole rings is 1. The molecule has 3 heteroatoms. The van der Waals surface area contributed by atoms with Gasteiger partial charge >= 0.3 is 0 Å². The average molecular weight is 240 g/mol. The third-order valence-electron chi connectivity index (χ3n) is 2.73. The Hall–Kier alpha value is -0.410. The van der Waals surface area contributed by atoms with Crippen molar-refractivity contribution in [2.75, 3.05) is 13.1 Å². The minimum atomic E-state index is 0.798. The maximum Gasteiger partial charge on any atom is 0.0925 e. The van der Waals surface area contributed by atoms with Gasteiger partial charge in [-0.15, -0.1) is 11.3 Å². The highest BCUT2D eigenvalue weighted by Gasteiger charge is 2.02. The summed E-state index contributed by atoms with van der Waals surface area (Å²) in [4.78, 5) is 4.56. The number of nitrogens with one attached hydrogen (secondary N) is 1. The molecule has 1 atom stereocenters. The number of rotatable bonds is 8. The summed E-state index contributed by atoms with van der Waals surface area (Å²) in [7, 11) is 0. The van der Waals surface area contributed by atoms with Crippen LogP contribution < -0.4 is 5.32 Å². The van der Waals surface area contributed by atoms with E-state index in [2.05, 4.69) is 36.5 Å². The molecule has 0 radical (unpaired) electrons. The summed E-state index contributed by atoms with van der Waals surface area (Å²) in [5, 5.41) is 6.96. The molecule has 0 aliphatic carbocycles. The quantitative estimate of drug-likeness (QED) is 0.705. The lowest BCUT2D eigenvalue weighted by Crippen LogP contribution is -2.23. The van der Waals surface area contributed by atoms with Gasteiger partial charge in [0, 0.05) is 18.3 Å². The van der Waals surface area contributed by atoms with Crippen molar-refractivity contribution < 1.29 is 0 Å². The van der Waals surface area contributed by atoms with E-state index in [1.54, 1.807) is 11.3 Å². The Morgan fingerprint density at radius 1 is 1.44 bits per heavy atom. The van der Waals surface area contributed by atoms with Crippen molar-refractivity contribution in [1.82, 2.24) is 10.3 Å². The van der Waals surface area contributed by atoms with Gasteiger partial charge in [-0.25, -0.2) is 4.98 Å². The Morgan fingerprint density at radius 2 is 2.25 bits per heavy atom. The number of hydrogen-bond donors (Lipinski definition) is 1. The lowest BCUT2D eigenvalue weighted by Gasteiger charge is -2.10. The Morgan fingerprint density at radius 3 is 2.88 bits per heavy atom. The first kappa shape index (κ1) is 13.7. The van der Waals surface area contributed by atoms with Crippen LogP contribution in [0.25, 0.3) is 0 Å².